The topological polar surface area (TPSA) is 62.7 Å². The van der Waals surface area contributed by atoms with Gasteiger partial charge in [-0.2, -0.15) is 17.5 Å². The zero-order valence-electron chi connectivity index (χ0n) is 17.1. The Labute approximate surface area is 175 Å². The molecule has 2 saturated heterocycles. The summed E-state index contributed by atoms with van der Waals surface area (Å²) in [5.41, 5.74) is -1.85. The van der Waals surface area contributed by atoms with Gasteiger partial charge < -0.3 is 9.64 Å². The summed E-state index contributed by atoms with van der Waals surface area (Å²) in [6.45, 7) is 6.05. The fourth-order valence-corrected chi connectivity index (χ4v) is 6.06. The predicted molar refractivity (Wildman–Crippen MR) is 105 cm³/mol. The van der Waals surface area contributed by atoms with Gasteiger partial charge in [0.25, 0.3) is 0 Å². The Morgan fingerprint density at radius 3 is 2.30 bits per heavy atom. The molecule has 0 amide bonds. The lowest BCUT2D eigenvalue weighted by Crippen LogP contribution is -2.50. The molecule has 0 radical (unpaired) electrons. The van der Waals surface area contributed by atoms with E-state index in [4.69, 9.17) is 4.74 Å². The molecule has 2 aliphatic heterocycles. The van der Waals surface area contributed by atoms with Crippen LogP contribution in [0, 0.1) is 12.8 Å². The highest BCUT2D eigenvalue weighted by Crippen LogP contribution is 2.58. The number of ether oxygens (including phenoxy) is 1. The first kappa shape index (κ1) is 22.0. The zero-order valence-corrected chi connectivity index (χ0v) is 17.9. The molecule has 0 N–H and O–H groups in total. The maximum Gasteiger partial charge on any atom is 0.399 e. The van der Waals surface area contributed by atoms with Gasteiger partial charge in [0.1, 0.15) is 10.3 Å². The van der Waals surface area contributed by atoms with Crippen LogP contribution in [0.3, 0.4) is 0 Å². The van der Waals surface area contributed by atoms with Crippen LogP contribution < -0.4 is 0 Å². The second-order valence-electron chi connectivity index (χ2n) is 8.62. The number of sulfonamides is 1. The number of alkyl halides is 3. The lowest BCUT2D eigenvalue weighted by Gasteiger charge is -2.36. The van der Waals surface area contributed by atoms with Crippen LogP contribution in [0.4, 0.5) is 13.2 Å². The lowest BCUT2D eigenvalue weighted by molar-refractivity contribution is -0.161. The highest BCUT2D eigenvalue weighted by atomic mass is 32.2. The van der Waals surface area contributed by atoms with E-state index in [0.717, 1.165) is 32.6 Å². The second-order valence-corrected chi connectivity index (χ2v) is 10.5. The van der Waals surface area contributed by atoms with E-state index in [2.05, 4.69) is 9.88 Å². The smallest absolute Gasteiger partial charge is 0.381 e. The summed E-state index contributed by atoms with van der Waals surface area (Å²) in [5, 5.41) is 0. The van der Waals surface area contributed by atoms with E-state index in [1.54, 1.807) is 0 Å². The molecule has 10 heteroatoms. The summed E-state index contributed by atoms with van der Waals surface area (Å²) in [5.74, 6) is 0.587. The monoisotopic (exact) mass is 447 g/mol. The molecule has 3 aliphatic rings. The van der Waals surface area contributed by atoms with Gasteiger partial charge in [-0.25, -0.2) is 8.42 Å². The Hall–Kier alpha value is -1.23. The molecule has 0 unspecified atom stereocenters. The van der Waals surface area contributed by atoms with Crippen LogP contribution in [-0.4, -0.2) is 74.7 Å². The Kier molecular flexibility index (Phi) is 5.89. The number of piperazine rings is 1. The van der Waals surface area contributed by atoms with Crippen LogP contribution in [-0.2, 0) is 20.2 Å². The number of hydrogen-bond donors (Lipinski definition) is 0. The molecule has 1 aromatic heterocycles. The molecule has 6 nitrogen and oxygen atoms in total. The average Bonchev–Trinajstić information content (AvgIpc) is 3.51. The SMILES string of the molecule is Cc1nc(C2(C(F)(F)F)CC2)ccc1S(=O)(=O)N1CCN(CC2CCOCC2)CC1. The van der Waals surface area contributed by atoms with Gasteiger partial charge in [-0.05, 0) is 50.7 Å². The van der Waals surface area contributed by atoms with Crippen LogP contribution in [0.1, 0.15) is 37.1 Å². The van der Waals surface area contributed by atoms with Crippen molar-refractivity contribution in [3.05, 3.63) is 23.5 Å². The lowest BCUT2D eigenvalue weighted by atomic mass is 9.99. The van der Waals surface area contributed by atoms with Crippen molar-refractivity contribution in [3.8, 4) is 0 Å². The first-order valence-corrected chi connectivity index (χ1v) is 11.9. The number of halogens is 3. The van der Waals surface area contributed by atoms with Gasteiger partial charge >= 0.3 is 6.18 Å². The van der Waals surface area contributed by atoms with Crippen LogP contribution in [0.2, 0.25) is 0 Å². The third-order valence-electron chi connectivity index (χ3n) is 6.63. The second kappa shape index (κ2) is 8.03. The van der Waals surface area contributed by atoms with E-state index in [0.29, 0.717) is 32.1 Å². The quantitative estimate of drug-likeness (QED) is 0.695. The van der Waals surface area contributed by atoms with E-state index in [-0.39, 0.29) is 29.1 Å². The molecule has 1 aromatic rings. The normalized spacial score (nSPS) is 24.1. The van der Waals surface area contributed by atoms with E-state index < -0.39 is 21.6 Å². The standard InChI is InChI=1S/C20H28F3N3O3S/c1-15-17(2-3-18(24-15)19(6-7-19)20(21,22)23)30(27,28)26-10-8-25(9-11-26)14-16-4-12-29-13-5-16/h2-3,16H,4-14H2,1H3. The van der Waals surface area contributed by atoms with Crippen molar-refractivity contribution in [2.75, 3.05) is 45.9 Å². The Morgan fingerprint density at radius 1 is 1.13 bits per heavy atom. The minimum Gasteiger partial charge on any atom is -0.381 e. The molecule has 1 saturated carbocycles. The zero-order chi connectivity index (χ0) is 21.6. The fourth-order valence-electron chi connectivity index (χ4n) is 4.48. The summed E-state index contributed by atoms with van der Waals surface area (Å²) < 4.78 is 73.1. The number of rotatable bonds is 5. The third kappa shape index (κ3) is 4.11. The first-order valence-electron chi connectivity index (χ1n) is 10.5. The first-order chi connectivity index (χ1) is 14.1. The van der Waals surface area contributed by atoms with Crippen molar-refractivity contribution in [1.82, 2.24) is 14.2 Å². The highest BCUT2D eigenvalue weighted by molar-refractivity contribution is 7.89. The van der Waals surface area contributed by atoms with Gasteiger partial charge in [-0.3, -0.25) is 4.98 Å². The average molecular weight is 448 g/mol. The summed E-state index contributed by atoms with van der Waals surface area (Å²) in [7, 11) is -3.78. The molecule has 3 fully saturated rings. The van der Waals surface area contributed by atoms with Crippen LogP contribution >= 0.6 is 0 Å². The van der Waals surface area contributed by atoms with Crippen molar-refractivity contribution in [2.24, 2.45) is 5.92 Å². The number of pyridine rings is 1. The Bertz CT molecular complexity index is 873. The van der Waals surface area contributed by atoms with E-state index in [9.17, 15) is 21.6 Å². The molecular formula is C20H28F3N3O3S. The molecule has 30 heavy (non-hydrogen) atoms. The summed E-state index contributed by atoms with van der Waals surface area (Å²) in [4.78, 5) is 6.37. The minimum atomic E-state index is -4.37. The van der Waals surface area contributed by atoms with Gasteiger partial charge in [0.05, 0.1) is 11.4 Å². The van der Waals surface area contributed by atoms with Crippen molar-refractivity contribution >= 4 is 10.0 Å². The number of hydrogen-bond acceptors (Lipinski definition) is 5. The Morgan fingerprint density at radius 2 is 1.77 bits per heavy atom. The largest absolute Gasteiger partial charge is 0.399 e. The molecule has 0 bridgehead atoms. The van der Waals surface area contributed by atoms with Gasteiger partial charge in [0, 0.05) is 45.9 Å². The van der Waals surface area contributed by atoms with Crippen LogP contribution in [0.5, 0.6) is 0 Å². The number of nitrogens with zero attached hydrogens (tertiary/aromatic N) is 3. The van der Waals surface area contributed by atoms with Crippen molar-refractivity contribution in [3.63, 3.8) is 0 Å². The van der Waals surface area contributed by atoms with Gasteiger partial charge in [-0.15, -0.1) is 0 Å². The van der Waals surface area contributed by atoms with Crippen molar-refractivity contribution in [2.45, 2.75) is 49.1 Å². The molecule has 4 rings (SSSR count). The maximum atomic E-state index is 13.4. The van der Waals surface area contributed by atoms with Gasteiger partial charge in [-0.1, -0.05) is 0 Å². The van der Waals surface area contributed by atoms with Gasteiger partial charge in [0.2, 0.25) is 10.0 Å². The Balaban J connectivity index is 1.43. The summed E-state index contributed by atoms with van der Waals surface area (Å²) in [6, 6.07) is 2.54. The fraction of sp³-hybridized carbons (Fsp3) is 0.750. The molecule has 0 aromatic carbocycles. The van der Waals surface area contributed by atoms with E-state index >= 15 is 0 Å². The summed E-state index contributed by atoms with van der Waals surface area (Å²) >= 11 is 0. The molecule has 3 heterocycles. The van der Waals surface area contributed by atoms with Crippen LogP contribution in [0.25, 0.3) is 0 Å². The molecule has 0 spiro atoms. The van der Waals surface area contributed by atoms with Gasteiger partial charge in [0.15, 0.2) is 0 Å². The summed E-state index contributed by atoms with van der Waals surface area (Å²) in [6.07, 6.45) is -2.29. The number of aromatic nitrogens is 1. The van der Waals surface area contributed by atoms with Crippen molar-refractivity contribution in [1.29, 1.82) is 0 Å². The highest BCUT2D eigenvalue weighted by Gasteiger charge is 2.65. The molecule has 1 aliphatic carbocycles. The third-order valence-corrected chi connectivity index (χ3v) is 8.66. The van der Waals surface area contributed by atoms with Crippen molar-refractivity contribution < 1.29 is 26.3 Å². The molecular weight excluding hydrogens is 419 g/mol. The van der Waals surface area contributed by atoms with Crippen LogP contribution in [0.15, 0.2) is 17.0 Å². The predicted octanol–water partition coefficient (Wildman–Crippen LogP) is 2.72. The molecule has 0 atom stereocenters. The minimum absolute atomic E-state index is 0.00195. The van der Waals surface area contributed by atoms with E-state index in [1.807, 2.05) is 0 Å². The number of aryl methyl sites for hydroxylation is 1. The maximum absolute atomic E-state index is 13.4. The van der Waals surface area contributed by atoms with E-state index in [1.165, 1.54) is 23.4 Å². The molecule has 168 valence electrons.